The Balaban J connectivity index is 1.35. The fraction of sp³-hybridized carbons (Fsp3) is 0.174. The van der Waals surface area contributed by atoms with E-state index < -0.39 is 0 Å². The van der Waals surface area contributed by atoms with Crippen LogP contribution in [0.15, 0.2) is 71.6 Å². The molecule has 0 bridgehead atoms. The van der Waals surface area contributed by atoms with Crippen LogP contribution in [0.1, 0.15) is 39.8 Å². The number of rotatable bonds is 4. The van der Waals surface area contributed by atoms with Crippen LogP contribution in [0.3, 0.4) is 0 Å². The van der Waals surface area contributed by atoms with E-state index in [-0.39, 0.29) is 11.9 Å². The molecule has 1 atom stereocenters. The molecule has 4 aromatic rings. The van der Waals surface area contributed by atoms with Crippen molar-refractivity contribution in [3.05, 3.63) is 83.3 Å². The maximum atomic E-state index is 12.8. The lowest BCUT2D eigenvalue weighted by molar-refractivity contribution is 0.0933. The minimum absolute atomic E-state index is 0.00941. The Kier molecular flexibility index (Phi) is 4.69. The van der Waals surface area contributed by atoms with Gasteiger partial charge in [0.1, 0.15) is 5.01 Å². The van der Waals surface area contributed by atoms with Crippen molar-refractivity contribution in [1.82, 2.24) is 15.3 Å². The molecular formula is C23H19N3O2S. The number of hydrogen-bond acceptors (Lipinski definition) is 5. The quantitative estimate of drug-likeness (QED) is 0.506. The molecule has 0 unspecified atom stereocenters. The number of thiazole rings is 1. The van der Waals surface area contributed by atoms with Gasteiger partial charge in [0.05, 0.1) is 22.8 Å². The average molecular weight is 401 g/mol. The van der Waals surface area contributed by atoms with Crippen LogP contribution in [-0.2, 0) is 6.42 Å². The summed E-state index contributed by atoms with van der Waals surface area (Å²) >= 11 is 1.69. The minimum atomic E-state index is -0.0679. The highest BCUT2D eigenvalue weighted by Gasteiger charge is 2.26. The number of aryl methyl sites for hydroxylation is 1. The molecular weight excluding hydrogens is 382 g/mol. The Morgan fingerprint density at radius 1 is 1.07 bits per heavy atom. The van der Waals surface area contributed by atoms with Gasteiger partial charge in [-0.1, -0.05) is 42.5 Å². The molecule has 2 heterocycles. The first kappa shape index (κ1) is 17.8. The van der Waals surface area contributed by atoms with Crippen molar-refractivity contribution >= 4 is 17.2 Å². The lowest BCUT2D eigenvalue weighted by atomic mass is 9.97. The number of aromatic nitrogens is 2. The van der Waals surface area contributed by atoms with Gasteiger partial charge < -0.3 is 9.73 Å². The predicted octanol–water partition coefficient (Wildman–Crippen LogP) is 5.27. The first-order valence-electron chi connectivity index (χ1n) is 9.63. The van der Waals surface area contributed by atoms with Crippen LogP contribution >= 0.6 is 11.3 Å². The van der Waals surface area contributed by atoms with Crippen molar-refractivity contribution in [3.63, 3.8) is 0 Å². The first-order valence-corrected chi connectivity index (χ1v) is 10.4. The Hall–Kier alpha value is -3.25. The maximum Gasteiger partial charge on any atom is 0.251 e. The van der Waals surface area contributed by atoms with Crippen molar-refractivity contribution in [2.24, 2.45) is 0 Å². The lowest BCUT2D eigenvalue weighted by Gasteiger charge is -2.22. The van der Waals surface area contributed by atoms with Crippen LogP contribution in [0, 0.1) is 0 Å². The van der Waals surface area contributed by atoms with Crippen LogP contribution in [0.25, 0.3) is 21.9 Å². The number of nitrogens with zero attached hydrogens (tertiary/aromatic N) is 2. The van der Waals surface area contributed by atoms with Crippen molar-refractivity contribution in [2.75, 3.05) is 0 Å². The summed E-state index contributed by atoms with van der Waals surface area (Å²) in [7, 11) is 0. The van der Waals surface area contributed by atoms with Gasteiger partial charge in [0.15, 0.2) is 12.2 Å². The summed E-state index contributed by atoms with van der Waals surface area (Å²) in [6.07, 6.45) is 5.99. The molecule has 5 rings (SSSR count). The standard InChI is InChI=1S/C23H19N3O2S/c27-22(16-11-9-15(10-12-16)20-13-24-14-28-20)25-18-7-4-8-19-21(18)29-23(26-19)17-5-2-1-3-6-17/h1-3,5-6,9-14,18H,4,7-8H2,(H,25,27)/t18-/m0/s1. The van der Waals surface area contributed by atoms with Gasteiger partial charge in [-0.25, -0.2) is 9.97 Å². The summed E-state index contributed by atoms with van der Waals surface area (Å²) in [5.74, 6) is 0.619. The Morgan fingerprint density at radius 2 is 1.90 bits per heavy atom. The van der Waals surface area contributed by atoms with E-state index >= 15 is 0 Å². The van der Waals surface area contributed by atoms with E-state index in [1.54, 1.807) is 17.5 Å². The van der Waals surface area contributed by atoms with E-state index in [1.807, 2.05) is 42.5 Å². The molecule has 1 aliphatic rings. The molecule has 1 amide bonds. The SMILES string of the molecule is O=C(N[C@H]1CCCc2nc(-c3ccccc3)sc21)c1ccc(-c2cnco2)cc1. The highest BCUT2D eigenvalue weighted by Crippen LogP contribution is 2.38. The van der Waals surface area contributed by atoms with Crippen LogP contribution in [0.5, 0.6) is 0 Å². The van der Waals surface area contributed by atoms with Gasteiger partial charge in [-0.2, -0.15) is 0 Å². The van der Waals surface area contributed by atoms with Crippen molar-refractivity contribution in [2.45, 2.75) is 25.3 Å². The molecule has 0 spiro atoms. The smallest absolute Gasteiger partial charge is 0.251 e. The van der Waals surface area contributed by atoms with Crippen LogP contribution < -0.4 is 5.32 Å². The van der Waals surface area contributed by atoms with Crippen molar-refractivity contribution in [3.8, 4) is 21.9 Å². The second-order valence-corrected chi connectivity index (χ2v) is 8.09. The molecule has 0 saturated carbocycles. The zero-order valence-corrected chi connectivity index (χ0v) is 16.5. The normalized spacial score (nSPS) is 15.7. The molecule has 5 nitrogen and oxygen atoms in total. The number of fused-ring (bicyclic) bond motifs is 1. The van der Waals surface area contributed by atoms with Crippen LogP contribution in [0.4, 0.5) is 0 Å². The second kappa shape index (κ2) is 7.64. The monoisotopic (exact) mass is 401 g/mol. The topological polar surface area (TPSA) is 68.0 Å². The summed E-state index contributed by atoms with van der Waals surface area (Å²) in [6, 6.07) is 17.6. The fourth-order valence-electron chi connectivity index (χ4n) is 3.65. The Morgan fingerprint density at radius 3 is 2.66 bits per heavy atom. The molecule has 0 radical (unpaired) electrons. The van der Waals surface area contributed by atoms with Crippen molar-refractivity contribution < 1.29 is 9.21 Å². The molecule has 29 heavy (non-hydrogen) atoms. The number of amides is 1. The first-order chi connectivity index (χ1) is 14.3. The van der Waals surface area contributed by atoms with E-state index in [4.69, 9.17) is 9.40 Å². The number of oxazole rings is 1. The van der Waals surface area contributed by atoms with Gasteiger partial charge in [-0.05, 0) is 31.4 Å². The number of nitrogens with one attached hydrogen (secondary N) is 1. The van der Waals surface area contributed by atoms with Gasteiger partial charge in [0.2, 0.25) is 0 Å². The highest BCUT2D eigenvalue weighted by atomic mass is 32.1. The third-order valence-corrected chi connectivity index (χ3v) is 6.40. The van der Waals surface area contributed by atoms with Crippen LogP contribution in [0.2, 0.25) is 0 Å². The largest absolute Gasteiger partial charge is 0.444 e. The van der Waals surface area contributed by atoms with Gasteiger partial charge in [0.25, 0.3) is 5.91 Å². The summed E-state index contributed by atoms with van der Waals surface area (Å²) < 4.78 is 5.30. The third kappa shape index (κ3) is 3.59. The van der Waals surface area contributed by atoms with E-state index in [9.17, 15) is 4.79 Å². The highest BCUT2D eigenvalue weighted by molar-refractivity contribution is 7.15. The van der Waals surface area contributed by atoms with Gasteiger partial charge in [-0.3, -0.25) is 4.79 Å². The van der Waals surface area contributed by atoms with E-state index in [0.29, 0.717) is 11.3 Å². The average Bonchev–Trinajstić information content (AvgIpc) is 3.45. The molecule has 0 fully saturated rings. The van der Waals surface area contributed by atoms with E-state index in [1.165, 1.54) is 11.3 Å². The summed E-state index contributed by atoms with van der Waals surface area (Å²) in [6.45, 7) is 0. The number of carbonyl (C=O) groups excluding carboxylic acids is 1. The maximum absolute atomic E-state index is 12.8. The van der Waals surface area contributed by atoms with Gasteiger partial charge in [-0.15, -0.1) is 11.3 Å². The molecule has 1 N–H and O–H groups in total. The molecule has 2 aromatic carbocycles. The molecule has 6 heteroatoms. The lowest BCUT2D eigenvalue weighted by Crippen LogP contribution is -2.30. The summed E-state index contributed by atoms with van der Waals surface area (Å²) in [4.78, 5) is 22.8. The zero-order chi connectivity index (χ0) is 19.6. The number of benzene rings is 2. The van der Waals surface area contributed by atoms with Crippen LogP contribution in [-0.4, -0.2) is 15.9 Å². The second-order valence-electron chi connectivity index (χ2n) is 7.06. The molecule has 0 aliphatic heterocycles. The fourth-order valence-corrected chi connectivity index (χ4v) is 4.85. The van der Waals surface area contributed by atoms with Crippen molar-refractivity contribution in [1.29, 1.82) is 0 Å². The Labute approximate surface area is 172 Å². The molecule has 144 valence electrons. The Bertz CT molecular complexity index is 1120. The molecule has 2 aromatic heterocycles. The number of hydrogen-bond donors (Lipinski definition) is 1. The van der Waals surface area contributed by atoms with E-state index in [2.05, 4.69) is 22.4 Å². The number of carbonyl (C=O) groups is 1. The van der Waals surface area contributed by atoms with E-state index in [0.717, 1.165) is 41.1 Å². The summed E-state index contributed by atoms with van der Waals surface area (Å²) in [5, 5.41) is 4.23. The molecule has 0 saturated heterocycles. The zero-order valence-electron chi connectivity index (χ0n) is 15.7. The predicted molar refractivity (Wildman–Crippen MR) is 113 cm³/mol. The minimum Gasteiger partial charge on any atom is -0.444 e. The van der Waals surface area contributed by atoms with Gasteiger partial charge >= 0.3 is 0 Å². The summed E-state index contributed by atoms with van der Waals surface area (Å²) in [5.41, 5.74) is 3.77. The van der Waals surface area contributed by atoms with Gasteiger partial charge in [0, 0.05) is 16.7 Å². The third-order valence-electron chi connectivity index (χ3n) is 5.14. The molecule has 1 aliphatic carbocycles.